The average molecular weight is 1020 g/mol. The van der Waals surface area contributed by atoms with Crippen molar-refractivity contribution in [2.45, 2.75) is 135 Å². The van der Waals surface area contributed by atoms with Crippen LogP contribution in [0.1, 0.15) is 137 Å². The first-order chi connectivity index (χ1) is 30.9. The monoisotopic (exact) mass is 1020 g/mol. The van der Waals surface area contributed by atoms with Gasteiger partial charge in [-0.2, -0.15) is 5.26 Å². The van der Waals surface area contributed by atoms with Crippen LogP contribution in [0.15, 0.2) is 102 Å². The zero-order valence-electron chi connectivity index (χ0n) is 41.3. The van der Waals surface area contributed by atoms with E-state index in [0.717, 1.165) is 57.1 Å². The summed E-state index contributed by atoms with van der Waals surface area (Å²) in [5.41, 5.74) is 11.5. The van der Waals surface area contributed by atoms with E-state index in [4.69, 9.17) is 13.5 Å². The first-order valence-corrected chi connectivity index (χ1v) is 25.1. The number of furan rings is 1. The molecule has 0 atom stereocenters. The number of nitriles is 1. The van der Waals surface area contributed by atoms with Gasteiger partial charge in [-0.15, -0.1) is 54.1 Å². The van der Waals surface area contributed by atoms with E-state index in [1.807, 2.05) is 54.7 Å². The smallest absolute Gasteiger partial charge is 0.122 e. The molecule has 6 heteroatoms. The second kappa shape index (κ2) is 19.0. The minimum absolute atomic E-state index is 0. The Labute approximate surface area is 390 Å². The number of rotatable bonds is 6. The summed E-state index contributed by atoms with van der Waals surface area (Å²) in [6, 6.07) is 41.8. The van der Waals surface area contributed by atoms with Crippen molar-refractivity contribution in [3.63, 3.8) is 0 Å². The molecular weight excluding hydrogens is 951 g/mol. The van der Waals surface area contributed by atoms with Crippen LogP contribution in [0, 0.1) is 30.3 Å². The minimum Gasteiger partial charge on any atom is -0.501 e. The molecule has 4 aromatic carbocycles. The summed E-state index contributed by atoms with van der Waals surface area (Å²) in [5.74, 6) is -0.395. The van der Waals surface area contributed by atoms with Gasteiger partial charge in [-0.25, -0.2) is 0 Å². The fraction of sp³-hybridized carbons (Fsp3) is 0.375. The molecule has 1 radical (unpaired) electrons. The zero-order valence-corrected chi connectivity index (χ0v) is 40.7. The van der Waals surface area contributed by atoms with Crippen LogP contribution < -0.4 is 0 Å². The van der Waals surface area contributed by atoms with Gasteiger partial charge in [-0.1, -0.05) is 133 Å². The molecule has 2 aliphatic rings. The summed E-state index contributed by atoms with van der Waals surface area (Å²) in [6.45, 7) is 12.9. The number of pyridine rings is 2. The van der Waals surface area contributed by atoms with Crippen molar-refractivity contribution < 1.29 is 30.0 Å². The van der Waals surface area contributed by atoms with Gasteiger partial charge in [0.25, 0.3) is 0 Å². The van der Waals surface area contributed by atoms with Crippen molar-refractivity contribution in [3.05, 3.63) is 143 Å². The predicted octanol–water partition coefficient (Wildman–Crippen LogP) is 15.9. The van der Waals surface area contributed by atoms with E-state index in [0.29, 0.717) is 33.6 Å². The Morgan fingerprint density at radius 3 is 2.21 bits per heavy atom. The van der Waals surface area contributed by atoms with Crippen molar-refractivity contribution in [3.8, 4) is 39.7 Å². The molecule has 4 nitrogen and oxygen atoms in total. The fourth-order valence-corrected chi connectivity index (χ4v) is 14.8. The van der Waals surface area contributed by atoms with Gasteiger partial charge in [0.15, 0.2) is 0 Å². The van der Waals surface area contributed by atoms with Gasteiger partial charge in [0.05, 0.1) is 25.3 Å². The molecule has 0 N–H and O–H groups in total. The first-order valence-electron chi connectivity index (χ1n) is 24.3. The molecule has 0 aliphatic carbocycles. The third kappa shape index (κ3) is 9.47. The normalized spacial score (nSPS) is 17.0. The third-order valence-corrected chi connectivity index (χ3v) is 18.7. The van der Waals surface area contributed by atoms with Crippen LogP contribution in [0.2, 0.25) is 24.2 Å². The van der Waals surface area contributed by atoms with Gasteiger partial charge in [0.1, 0.15) is 5.58 Å². The SMILES string of the molecule is CC(C)(C)c1ccnc(-c2[c-]cccc2)c1.[2H]C([2H])([2H])c1cnc(-c2[c-]ccc3c2oc2cc(C#N)ccc23)cc1-c1c(C(C)C)cc(C2([2H])CC[Si]3(CCCCC3)CC2)cc1C(C)C.[Ir]. The largest absolute Gasteiger partial charge is 0.501 e. The quantitative estimate of drug-likeness (QED) is 0.123. The Balaban J connectivity index is 0.000000322. The van der Waals surface area contributed by atoms with E-state index in [9.17, 15) is 6.63 Å². The molecule has 1 spiro atoms. The molecule has 2 aliphatic heterocycles. The summed E-state index contributed by atoms with van der Waals surface area (Å²) < 4.78 is 41.9. The van der Waals surface area contributed by atoms with Crippen molar-refractivity contribution in [2.75, 3.05) is 0 Å². The predicted molar refractivity (Wildman–Crippen MR) is 257 cm³/mol. The van der Waals surface area contributed by atoms with E-state index >= 15 is 0 Å². The summed E-state index contributed by atoms with van der Waals surface area (Å²) in [4.78, 5) is 9.11. The van der Waals surface area contributed by atoms with E-state index < -0.39 is 20.8 Å². The van der Waals surface area contributed by atoms with Crippen LogP contribution >= 0.6 is 0 Å². The summed E-state index contributed by atoms with van der Waals surface area (Å²) in [6.07, 6.45) is 9.38. The maximum atomic E-state index is 9.84. The minimum atomic E-state index is -2.39. The maximum Gasteiger partial charge on any atom is 0.122 e. The van der Waals surface area contributed by atoms with Gasteiger partial charge in [-0.05, 0) is 111 Å². The van der Waals surface area contributed by atoms with Crippen LogP contribution in [0.4, 0.5) is 0 Å². The maximum absolute atomic E-state index is 9.84. The van der Waals surface area contributed by atoms with Crippen LogP contribution in [-0.4, -0.2) is 18.0 Å². The van der Waals surface area contributed by atoms with E-state index in [2.05, 4.69) is 95.9 Å². The second-order valence-corrected chi connectivity index (χ2v) is 24.1. The van der Waals surface area contributed by atoms with E-state index in [1.54, 1.807) is 12.1 Å². The van der Waals surface area contributed by atoms with Crippen LogP contribution in [-0.2, 0) is 25.5 Å². The Bertz CT molecular complexity index is 2850. The Hall–Kier alpha value is -4.66. The summed E-state index contributed by atoms with van der Waals surface area (Å²) in [5, 5.41) is 11.2. The van der Waals surface area contributed by atoms with Crippen LogP contribution in [0.5, 0.6) is 0 Å². The zero-order chi connectivity index (χ0) is 46.3. The van der Waals surface area contributed by atoms with Crippen molar-refractivity contribution in [1.82, 2.24) is 9.97 Å². The molecule has 2 saturated heterocycles. The number of aromatic nitrogens is 2. The number of benzene rings is 4. The molecule has 3 aromatic heterocycles. The topological polar surface area (TPSA) is 62.7 Å². The van der Waals surface area contributed by atoms with Gasteiger partial charge in [0, 0.05) is 43.4 Å². The first kappa shape index (κ1) is 40.1. The molecule has 9 rings (SSSR count). The molecule has 0 amide bonds. The third-order valence-electron chi connectivity index (χ3n) is 13.3. The number of nitrogens with zero attached hydrogens (tertiary/aromatic N) is 3. The molecular formula is C56H61IrN3OSi-2. The Morgan fingerprint density at radius 2 is 1.56 bits per heavy atom. The molecule has 321 valence electrons. The van der Waals surface area contributed by atoms with Crippen LogP contribution in [0.3, 0.4) is 0 Å². The van der Waals surface area contributed by atoms with Gasteiger partial charge in [0.2, 0.25) is 0 Å². The average Bonchev–Trinajstić information content (AvgIpc) is 3.68. The molecule has 62 heavy (non-hydrogen) atoms. The molecule has 5 heterocycles. The van der Waals surface area contributed by atoms with Crippen molar-refractivity contribution in [1.29, 1.82) is 5.26 Å². The van der Waals surface area contributed by atoms with Crippen molar-refractivity contribution in [2.24, 2.45) is 0 Å². The number of fused-ring (bicyclic) bond motifs is 3. The molecule has 0 bridgehead atoms. The van der Waals surface area contributed by atoms with Gasteiger partial charge >= 0.3 is 0 Å². The number of aryl methyl sites for hydroxylation is 1. The number of hydrogen-bond acceptors (Lipinski definition) is 4. The molecule has 0 saturated carbocycles. The Morgan fingerprint density at radius 1 is 0.823 bits per heavy atom. The second-order valence-electron chi connectivity index (χ2n) is 19.1. The summed E-state index contributed by atoms with van der Waals surface area (Å²) >= 11 is 0. The fourth-order valence-electron chi connectivity index (χ4n) is 9.68. The Kier molecular flexibility index (Phi) is 12.3. The van der Waals surface area contributed by atoms with E-state index in [-0.39, 0.29) is 42.9 Å². The molecule has 7 aromatic rings. The number of hydrogen-bond donors (Lipinski definition) is 0. The summed E-state index contributed by atoms with van der Waals surface area (Å²) in [7, 11) is -1.24. The van der Waals surface area contributed by atoms with Gasteiger partial charge < -0.3 is 14.4 Å². The van der Waals surface area contributed by atoms with Crippen molar-refractivity contribution >= 4 is 30.0 Å². The van der Waals surface area contributed by atoms with Crippen LogP contribution in [0.25, 0.3) is 55.6 Å². The molecule has 2 fully saturated rings. The van der Waals surface area contributed by atoms with Gasteiger partial charge in [-0.3, -0.25) is 0 Å². The molecule has 0 unspecified atom stereocenters. The standard InChI is InChI=1S/C41H45N2OSi.C15H16N.Ir/c1-26(2)35-21-31(30-14-18-45(19-15-30)16-7-6-8-17-45)22-36(27(3)4)40(35)37-23-38(43-25-28(37)5)34-11-9-10-33-32-13-12-29(24-42)20-39(32)44-41(33)34;1-15(2,3)13-9-10-16-14(11-13)12-7-5-4-6-8-12;/h9-10,12-13,20-23,25-27,30H,6-8,14-19H2,1-5H3;4-7,9-11H,1-3H3;/q2*-1;/i5D3,30D;;. The van der Waals surface area contributed by atoms with E-state index in [1.165, 1.54) is 55.2 Å².